The van der Waals surface area contributed by atoms with Crippen molar-refractivity contribution in [3.05, 3.63) is 28.8 Å². The monoisotopic (exact) mass is 252 g/mol. The van der Waals surface area contributed by atoms with Crippen LogP contribution in [-0.2, 0) is 6.42 Å². The first-order valence-electron chi connectivity index (χ1n) is 6.38. The van der Waals surface area contributed by atoms with Gasteiger partial charge in [-0.05, 0) is 57.5 Å². The van der Waals surface area contributed by atoms with Gasteiger partial charge in [-0.1, -0.05) is 11.6 Å². The SMILES string of the molecule is CCN1c2ccc(Cl)cc2CC1CC(C)NC. The molecule has 0 saturated heterocycles. The lowest BCUT2D eigenvalue weighted by atomic mass is 10.0. The lowest BCUT2D eigenvalue weighted by molar-refractivity contribution is 0.481. The molecule has 1 aliphatic rings. The summed E-state index contributed by atoms with van der Waals surface area (Å²) in [6.45, 7) is 5.53. The van der Waals surface area contributed by atoms with Crippen molar-refractivity contribution in [3.8, 4) is 0 Å². The number of halogens is 1. The molecule has 0 saturated carbocycles. The third-order valence-electron chi connectivity index (χ3n) is 3.71. The molecule has 3 heteroatoms. The minimum Gasteiger partial charge on any atom is -0.368 e. The topological polar surface area (TPSA) is 15.3 Å². The zero-order valence-corrected chi connectivity index (χ0v) is 11.6. The van der Waals surface area contributed by atoms with Gasteiger partial charge in [0, 0.05) is 29.3 Å². The zero-order valence-electron chi connectivity index (χ0n) is 10.8. The quantitative estimate of drug-likeness (QED) is 0.886. The van der Waals surface area contributed by atoms with Gasteiger partial charge in [0.2, 0.25) is 0 Å². The molecule has 0 amide bonds. The maximum Gasteiger partial charge on any atom is 0.0410 e. The van der Waals surface area contributed by atoms with E-state index in [0.717, 1.165) is 18.0 Å². The lowest BCUT2D eigenvalue weighted by Crippen LogP contribution is -2.37. The molecule has 1 aromatic carbocycles. The standard InChI is InChI=1S/C14H21ClN2/c1-4-17-13(7-10(2)16-3)9-11-8-12(15)5-6-14(11)17/h5-6,8,10,13,16H,4,7,9H2,1-3H3. The average Bonchev–Trinajstić information content (AvgIpc) is 2.64. The Kier molecular flexibility index (Phi) is 3.95. The van der Waals surface area contributed by atoms with Crippen LogP contribution in [0.4, 0.5) is 5.69 Å². The molecule has 1 heterocycles. The molecule has 2 unspecified atom stereocenters. The van der Waals surface area contributed by atoms with Gasteiger partial charge in [0.15, 0.2) is 0 Å². The molecule has 1 aliphatic heterocycles. The number of hydrogen-bond donors (Lipinski definition) is 1. The molecule has 94 valence electrons. The highest BCUT2D eigenvalue weighted by atomic mass is 35.5. The van der Waals surface area contributed by atoms with Crippen molar-refractivity contribution in [1.82, 2.24) is 5.32 Å². The van der Waals surface area contributed by atoms with Gasteiger partial charge in [-0.25, -0.2) is 0 Å². The van der Waals surface area contributed by atoms with Crippen LogP contribution in [-0.4, -0.2) is 25.7 Å². The van der Waals surface area contributed by atoms with E-state index < -0.39 is 0 Å². The van der Waals surface area contributed by atoms with Crippen LogP contribution in [0.1, 0.15) is 25.8 Å². The van der Waals surface area contributed by atoms with Gasteiger partial charge in [-0.15, -0.1) is 0 Å². The van der Waals surface area contributed by atoms with Gasteiger partial charge in [0.1, 0.15) is 0 Å². The Bertz CT molecular complexity index is 392. The lowest BCUT2D eigenvalue weighted by Gasteiger charge is -2.28. The van der Waals surface area contributed by atoms with Crippen molar-refractivity contribution in [2.45, 2.75) is 38.8 Å². The summed E-state index contributed by atoms with van der Waals surface area (Å²) in [6, 6.07) is 7.43. The number of nitrogens with zero attached hydrogens (tertiary/aromatic N) is 1. The predicted molar refractivity (Wildman–Crippen MR) is 75.1 cm³/mol. The number of likely N-dealkylation sites (N-methyl/N-ethyl adjacent to an activating group) is 1. The van der Waals surface area contributed by atoms with Gasteiger partial charge >= 0.3 is 0 Å². The highest BCUT2D eigenvalue weighted by Gasteiger charge is 2.28. The maximum absolute atomic E-state index is 6.06. The molecule has 0 bridgehead atoms. The van der Waals surface area contributed by atoms with Crippen LogP contribution in [0.15, 0.2) is 18.2 Å². The number of rotatable bonds is 4. The first-order chi connectivity index (χ1) is 8.15. The van der Waals surface area contributed by atoms with E-state index in [9.17, 15) is 0 Å². The van der Waals surface area contributed by atoms with E-state index >= 15 is 0 Å². The van der Waals surface area contributed by atoms with E-state index in [0.29, 0.717) is 12.1 Å². The molecule has 2 nitrogen and oxygen atoms in total. The summed E-state index contributed by atoms with van der Waals surface area (Å²) < 4.78 is 0. The van der Waals surface area contributed by atoms with Crippen LogP contribution in [0.5, 0.6) is 0 Å². The summed E-state index contributed by atoms with van der Waals surface area (Å²) in [6.07, 6.45) is 2.30. The van der Waals surface area contributed by atoms with Crippen LogP contribution in [0.3, 0.4) is 0 Å². The summed E-state index contributed by atoms with van der Waals surface area (Å²) in [5.74, 6) is 0. The molecule has 0 aromatic heterocycles. The van der Waals surface area contributed by atoms with Gasteiger partial charge in [-0.3, -0.25) is 0 Å². The largest absolute Gasteiger partial charge is 0.368 e. The minimum atomic E-state index is 0.554. The Morgan fingerprint density at radius 3 is 2.94 bits per heavy atom. The fourth-order valence-corrected chi connectivity index (χ4v) is 2.92. The Morgan fingerprint density at radius 2 is 2.29 bits per heavy atom. The second-order valence-electron chi connectivity index (χ2n) is 4.84. The number of hydrogen-bond acceptors (Lipinski definition) is 2. The summed E-state index contributed by atoms with van der Waals surface area (Å²) >= 11 is 6.06. The van der Waals surface area contributed by atoms with E-state index in [1.165, 1.54) is 17.7 Å². The van der Waals surface area contributed by atoms with Crippen molar-refractivity contribution in [2.24, 2.45) is 0 Å². The molecule has 0 aliphatic carbocycles. The van der Waals surface area contributed by atoms with Gasteiger partial charge in [0.05, 0.1) is 0 Å². The van der Waals surface area contributed by atoms with Crippen molar-refractivity contribution >= 4 is 17.3 Å². The van der Waals surface area contributed by atoms with E-state index in [-0.39, 0.29) is 0 Å². The number of anilines is 1. The van der Waals surface area contributed by atoms with Crippen molar-refractivity contribution in [3.63, 3.8) is 0 Å². The number of benzene rings is 1. The van der Waals surface area contributed by atoms with Crippen molar-refractivity contribution in [1.29, 1.82) is 0 Å². The second kappa shape index (κ2) is 5.28. The predicted octanol–water partition coefficient (Wildman–Crippen LogP) is 3.09. The third-order valence-corrected chi connectivity index (χ3v) is 3.94. The smallest absolute Gasteiger partial charge is 0.0410 e. The Labute approximate surface area is 109 Å². The molecule has 17 heavy (non-hydrogen) atoms. The zero-order chi connectivity index (χ0) is 12.4. The molecule has 1 N–H and O–H groups in total. The Hall–Kier alpha value is -0.730. The summed E-state index contributed by atoms with van der Waals surface area (Å²) in [5.41, 5.74) is 2.76. The summed E-state index contributed by atoms with van der Waals surface area (Å²) in [7, 11) is 2.03. The first kappa shape index (κ1) is 12.7. The number of nitrogens with one attached hydrogen (secondary N) is 1. The van der Waals surface area contributed by atoms with Gasteiger partial charge < -0.3 is 10.2 Å². The molecule has 2 atom stereocenters. The average molecular weight is 253 g/mol. The molecular weight excluding hydrogens is 232 g/mol. The van der Waals surface area contributed by atoms with Crippen LogP contribution >= 0.6 is 11.6 Å². The molecule has 0 spiro atoms. The molecular formula is C14H21ClN2. The highest BCUT2D eigenvalue weighted by Crippen LogP contribution is 2.35. The third kappa shape index (κ3) is 2.58. The highest BCUT2D eigenvalue weighted by molar-refractivity contribution is 6.30. The van der Waals surface area contributed by atoms with Gasteiger partial charge in [-0.2, -0.15) is 0 Å². The summed E-state index contributed by atoms with van der Waals surface area (Å²) in [4.78, 5) is 2.50. The number of fused-ring (bicyclic) bond motifs is 1. The van der Waals surface area contributed by atoms with Crippen molar-refractivity contribution in [2.75, 3.05) is 18.5 Å². The van der Waals surface area contributed by atoms with E-state index in [2.05, 4.69) is 36.2 Å². The van der Waals surface area contributed by atoms with Crippen LogP contribution < -0.4 is 10.2 Å². The van der Waals surface area contributed by atoms with Gasteiger partial charge in [0.25, 0.3) is 0 Å². The molecule has 1 aromatic rings. The van der Waals surface area contributed by atoms with Crippen LogP contribution in [0.25, 0.3) is 0 Å². The van der Waals surface area contributed by atoms with E-state index in [4.69, 9.17) is 11.6 Å². The fourth-order valence-electron chi connectivity index (χ4n) is 2.72. The summed E-state index contributed by atoms with van der Waals surface area (Å²) in [5, 5.41) is 4.17. The minimum absolute atomic E-state index is 0.554. The fraction of sp³-hybridized carbons (Fsp3) is 0.571. The molecule has 2 rings (SSSR count). The Balaban J connectivity index is 2.19. The van der Waals surface area contributed by atoms with E-state index in [1.807, 2.05) is 13.1 Å². The normalized spacial score (nSPS) is 20.5. The Morgan fingerprint density at radius 1 is 1.53 bits per heavy atom. The second-order valence-corrected chi connectivity index (χ2v) is 5.28. The molecule has 0 fully saturated rings. The van der Waals surface area contributed by atoms with Crippen LogP contribution in [0.2, 0.25) is 5.02 Å². The first-order valence-corrected chi connectivity index (χ1v) is 6.75. The maximum atomic E-state index is 6.06. The van der Waals surface area contributed by atoms with E-state index in [1.54, 1.807) is 0 Å². The van der Waals surface area contributed by atoms with Crippen LogP contribution in [0, 0.1) is 0 Å². The van der Waals surface area contributed by atoms with Crippen molar-refractivity contribution < 1.29 is 0 Å². The molecule has 0 radical (unpaired) electrons.